The average Bonchev–Trinajstić information content (AvgIpc) is 2.63. The molecule has 0 saturated heterocycles. The lowest BCUT2D eigenvalue weighted by Gasteiger charge is -2.07. The molecule has 0 fully saturated rings. The summed E-state index contributed by atoms with van der Waals surface area (Å²) >= 11 is 0. The number of ether oxygens (including phenoxy) is 1. The summed E-state index contributed by atoms with van der Waals surface area (Å²) in [4.78, 5) is 11.5. The number of nitrogens with one attached hydrogen (secondary N) is 1. The van der Waals surface area contributed by atoms with Gasteiger partial charge in [-0.2, -0.15) is 0 Å². The van der Waals surface area contributed by atoms with E-state index < -0.39 is 0 Å². The van der Waals surface area contributed by atoms with Crippen LogP contribution in [0.25, 0.3) is 0 Å². The second-order valence-corrected chi connectivity index (χ2v) is 4.80. The van der Waals surface area contributed by atoms with Crippen LogP contribution in [-0.4, -0.2) is 39.7 Å². The van der Waals surface area contributed by atoms with Gasteiger partial charge in [0.05, 0.1) is 18.4 Å². The summed E-state index contributed by atoms with van der Waals surface area (Å²) < 4.78 is 6.98. The van der Waals surface area contributed by atoms with Gasteiger partial charge in [0.15, 0.2) is 0 Å². The molecule has 102 valence electrons. The van der Waals surface area contributed by atoms with Gasteiger partial charge in [-0.25, -0.2) is 4.68 Å². The molecule has 1 rings (SSSR count). The van der Waals surface area contributed by atoms with E-state index in [-0.39, 0.29) is 24.6 Å². The first-order chi connectivity index (χ1) is 8.47. The largest absolute Gasteiger partial charge is 0.378 e. The predicted molar refractivity (Wildman–Crippen MR) is 68.1 cm³/mol. The van der Waals surface area contributed by atoms with Crippen molar-refractivity contribution in [3.63, 3.8) is 0 Å². The summed E-state index contributed by atoms with van der Waals surface area (Å²) in [5.41, 5.74) is 0.841. The highest BCUT2D eigenvalue weighted by atomic mass is 16.5. The van der Waals surface area contributed by atoms with Gasteiger partial charge in [0.1, 0.15) is 6.54 Å². The summed E-state index contributed by atoms with van der Waals surface area (Å²) in [6.07, 6.45) is 2.71. The van der Waals surface area contributed by atoms with Gasteiger partial charge in [0.2, 0.25) is 5.91 Å². The molecular weight excluding hydrogens is 232 g/mol. The Kier molecular flexibility index (Phi) is 5.77. The lowest BCUT2D eigenvalue weighted by Crippen LogP contribution is -2.33. The fourth-order valence-electron chi connectivity index (χ4n) is 1.44. The minimum absolute atomic E-state index is 0.0557. The molecule has 6 heteroatoms. The first-order valence-electron chi connectivity index (χ1n) is 6.27. The first kappa shape index (κ1) is 14.6. The predicted octanol–water partition coefficient (Wildman–Crippen LogP) is 0.770. The Labute approximate surface area is 108 Å². The molecule has 0 aliphatic heterocycles. The minimum atomic E-state index is -0.0557. The molecule has 0 unspecified atom stereocenters. The third-order valence-electron chi connectivity index (χ3n) is 2.15. The van der Waals surface area contributed by atoms with Crippen molar-refractivity contribution in [1.29, 1.82) is 0 Å². The van der Waals surface area contributed by atoms with E-state index >= 15 is 0 Å². The Morgan fingerprint density at radius 1 is 1.44 bits per heavy atom. The lowest BCUT2D eigenvalue weighted by atomic mass is 10.3. The van der Waals surface area contributed by atoms with Crippen molar-refractivity contribution in [2.24, 2.45) is 0 Å². The highest BCUT2D eigenvalue weighted by Crippen LogP contribution is 1.97. The monoisotopic (exact) mass is 254 g/mol. The average molecular weight is 254 g/mol. The Hall–Kier alpha value is -1.43. The molecule has 0 radical (unpaired) electrons. The maximum absolute atomic E-state index is 11.5. The summed E-state index contributed by atoms with van der Waals surface area (Å²) in [6.45, 7) is 8.66. The van der Waals surface area contributed by atoms with Crippen molar-refractivity contribution in [3.8, 4) is 0 Å². The highest BCUT2D eigenvalue weighted by Gasteiger charge is 2.07. The van der Waals surface area contributed by atoms with Gasteiger partial charge in [-0.1, -0.05) is 5.21 Å². The van der Waals surface area contributed by atoms with Gasteiger partial charge in [0, 0.05) is 18.7 Å². The summed E-state index contributed by atoms with van der Waals surface area (Å²) in [5, 5.41) is 10.7. The van der Waals surface area contributed by atoms with E-state index in [1.807, 2.05) is 27.7 Å². The van der Waals surface area contributed by atoms with Crippen LogP contribution in [0.2, 0.25) is 0 Å². The van der Waals surface area contributed by atoms with E-state index in [9.17, 15) is 4.79 Å². The van der Waals surface area contributed by atoms with Crippen LogP contribution in [0.1, 0.15) is 33.4 Å². The van der Waals surface area contributed by atoms with Crippen LogP contribution in [-0.2, 0) is 22.5 Å². The van der Waals surface area contributed by atoms with Gasteiger partial charge in [0.25, 0.3) is 0 Å². The molecule has 0 aliphatic carbocycles. The topological polar surface area (TPSA) is 69.0 Å². The fourth-order valence-corrected chi connectivity index (χ4v) is 1.44. The second-order valence-electron chi connectivity index (χ2n) is 4.80. The molecule has 6 nitrogen and oxygen atoms in total. The number of amides is 1. The maximum atomic E-state index is 11.5. The van der Waals surface area contributed by atoms with Gasteiger partial charge >= 0.3 is 0 Å². The van der Waals surface area contributed by atoms with Crippen LogP contribution < -0.4 is 5.32 Å². The number of aromatic nitrogens is 3. The molecule has 1 aromatic heterocycles. The molecule has 1 amide bonds. The van der Waals surface area contributed by atoms with Gasteiger partial charge in [-0.05, 0) is 27.7 Å². The number of nitrogens with zero attached hydrogens (tertiary/aromatic N) is 3. The van der Waals surface area contributed by atoms with Crippen LogP contribution >= 0.6 is 0 Å². The molecule has 1 aromatic rings. The van der Waals surface area contributed by atoms with Crippen molar-refractivity contribution in [1.82, 2.24) is 20.3 Å². The van der Waals surface area contributed by atoms with Crippen LogP contribution in [0.5, 0.6) is 0 Å². The lowest BCUT2D eigenvalue weighted by molar-refractivity contribution is -0.122. The molecule has 0 aliphatic rings. The second kappa shape index (κ2) is 7.10. The van der Waals surface area contributed by atoms with E-state index in [0.717, 1.165) is 5.69 Å². The Balaban J connectivity index is 2.36. The minimum Gasteiger partial charge on any atom is -0.378 e. The Morgan fingerprint density at radius 3 is 2.78 bits per heavy atom. The summed E-state index contributed by atoms with van der Waals surface area (Å²) in [5.74, 6) is -0.0557. The molecule has 0 atom stereocenters. The standard InChI is InChI=1S/C12H22N4O2/c1-9(2)13-12(17)8-16-7-11(14-15-16)5-6-18-10(3)4/h7,9-10H,5-6,8H2,1-4H3,(H,13,17). The highest BCUT2D eigenvalue weighted by molar-refractivity contribution is 5.75. The van der Waals surface area contributed by atoms with Gasteiger partial charge < -0.3 is 10.1 Å². The van der Waals surface area contributed by atoms with Crippen LogP contribution in [0.15, 0.2) is 6.20 Å². The van der Waals surface area contributed by atoms with E-state index in [0.29, 0.717) is 13.0 Å². The van der Waals surface area contributed by atoms with E-state index in [4.69, 9.17) is 4.74 Å². The van der Waals surface area contributed by atoms with Gasteiger partial charge in [-0.15, -0.1) is 5.10 Å². The molecule has 0 bridgehead atoms. The van der Waals surface area contributed by atoms with E-state index in [1.54, 1.807) is 10.9 Å². The first-order valence-corrected chi connectivity index (χ1v) is 6.27. The Morgan fingerprint density at radius 2 is 2.17 bits per heavy atom. The van der Waals surface area contributed by atoms with Gasteiger partial charge in [-0.3, -0.25) is 4.79 Å². The molecule has 0 spiro atoms. The van der Waals surface area contributed by atoms with Crippen molar-refractivity contribution in [2.45, 2.75) is 52.8 Å². The van der Waals surface area contributed by atoms with Crippen molar-refractivity contribution < 1.29 is 9.53 Å². The Bertz CT molecular complexity index is 374. The van der Waals surface area contributed by atoms with Crippen molar-refractivity contribution >= 4 is 5.91 Å². The number of hydrogen-bond acceptors (Lipinski definition) is 4. The molecule has 1 N–H and O–H groups in total. The quantitative estimate of drug-likeness (QED) is 0.780. The van der Waals surface area contributed by atoms with Crippen molar-refractivity contribution in [3.05, 3.63) is 11.9 Å². The van der Waals surface area contributed by atoms with E-state index in [1.165, 1.54) is 0 Å². The van der Waals surface area contributed by atoms with Crippen LogP contribution in [0.4, 0.5) is 0 Å². The zero-order chi connectivity index (χ0) is 13.5. The molecular formula is C12H22N4O2. The van der Waals surface area contributed by atoms with Crippen LogP contribution in [0.3, 0.4) is 0 Å². The zero-order valence-electron chi connectivity index (χ0n) is 11.5. The number of carbonyl (C=O) groups excluding carboxylic acids is 1. The number of carbonyl (C=O) groups is 1. The molecule has 1 heterocycles. The molecule has 0 saturated carbocycles. The maximum Gasteiger partial charge on any atom is 0.241 e. The van der Waals surface area contributed by atoms with E-state index in [2.05, 4.69) is 15.6 Å². The summed E-state index contributed by atoms with van der Waals surface area (Å²) in [6, 6.07) is 0.139. The fraction of sp³-hybridized carbons (Fsp3) is 0.750. The summed E-state index contributed by atoms with van der Waals surface area (Å²) in [7, 11) is 0. The third-order valence-corrected chi connectivity index (χ3v) is 2.15. The third kappa shape index (κ3) is 5.77. The number of hydrogen-bond donors (Lipinski definition) is 1. The molecule has 18 heavy (non-hydrogen) atoms. The zero-order valence-corrected chi connectivity index (χ0v) is 11.5. The normalized spacial score (nSPS) is 11.2. The van der Waals surface area contributed by atoms with Crippen LogP contribution in [0, 0.1) is 0 Å². The molecule has 0 aromatic carbocycles. The number of rotatable bonds is 7. The van der Waals surface area contributed by atoms with Crippen molar-refractivity contribution in [2.75, 3.05) is 6.61 Å². The SMILES string of the molecule is CC(C)NC(=O)Cn1cc(CCOC(C)C)nn1. The smallest absolute Gasteiger partial charge is 0.241 e.